The zero-order valence-electron chi connectivity index (χ0n) is 14.8. The summed E-state index contributed by atoms with van der Waals surface area (Å²) in [6.07, 6.45) is 2.12. The fourth-order valence-corrected chi connectivity index (χ4v) is 4.31. The van der Waals surface area contributed by atoms with Gasteiger partial charge >= 0.3 is 0 Å². The zero-order chi connectivity index (χ0) is 18.4. The van der Waals surface area contributed by atoms with E-state index in [2.05, 4.69) is 11.6 Å². The Morgan fingerprint density at radius 1 is 1.16 bits per heavy atom. The van der Waals surface area contributed by atoms with Gasteiger partial charge in [0.25, 0.3) is 10.0 Å². The molecule has 1 N–H and O–H groups in total. The van der Waals surface area contributed by atoms with Crippen LogP contribution in [-0.4, -0.2) is 32.8 Å². The number of thiophene rings is 1. The third-order valence-electron chi connectivity index (χ3n) is 4.00. The Kier molecular flexibility index (Phi) is 6.61. The van der Waals surface area contributed by atoms with Crippen LogP contribution in [0.1, 0.15) is 31.4 Å². The molecule has 1 amide bonds. The number of anilines is 1. The molecule has 1 heterocycles. The van der Waals surface area contributed by atoms with Crippen molar-refractivity contribution < 1.29 is 13.2 Å². The molecule has 0 unspecified atom stereocenters. The quantitative estimate of drug-likeness (QED) is 0.762. The first kappa shape index (κ1) is 19.5. The van der Waals surface area contributed by atoms with Crippen molar-refractivity contribution in [1.29, 1.82) is 0 Å². The largest absolute Gasteiger partial charge is 0.346 e. The van der Waals surface area contributed by atoms with Crippen LogP contribution in [0.3, 0.4) is 0 Å². The molecule has 0 bridgehead atoms. The van der Waals surface area contributed by atoms with E-state index in [1.807, 2.05) is 24.4 Å². The van der Waals surface area contributed by atoms with E-state index in [1.54, 1.807) is 29.5 Å². The van der Waals surface area contributed by atoms with Gasteiger partial charge in [-0.3, -0.25) is 9.52 Å². The molecule has 0 atom stereocenters. The molecule has 136 valence electrons. The maximum atomic E-state index is 12.6. The summed E-state index contributed by atoms with van der Waals surface area (Å²) in [5.41, 5.74) is 2.29. The Labute approximate surface area is 153 Å². The van der Waals surface area contributed by atoms with Gasteiger partial charge in [0.2, 0.25) is 5.91 Å². The van der Waals surface area contributed by atoms with Crippen molar-refractivity contribution in [1.82, 2.24) is 4.90 Å². The van der Waals surface area contributed by atoms with Crippen LogP contribution in [0.15, 0.2) is 39.9 Å². The normalized spacial score (nSPS) is 11.3. The average molecular weight is 381 g/mol. The molecule has 1 aromatic carbocycles. The highest BCUT2D eigenvalue weighted by molar-refractivity contribution is 7.92. The van der Waals surface area contributed by atoms with Gasteiger partial charge in [-0.05, 0) is 42.0 Å². The molecule has 0 saturated heterocycles. The van der Waals surface area contributed by atoms with Crippen molar-refractivity contribution in [3.8, 4) is 0 Å². The molecule has 0 aliphatic rings. The second kappa shape index (κ2) is 8.49. The third kappa shape index (κ3) is 5.06. The van der Waals surface area contributed by atoms with Gasteiger partial charge in [0, 0.05) is 19.0 Å². The third-order valence-corrected chi connectivity index (χ3v) is 6.17. The summed E-state index contributed by atoms with van der Waals surface area (Å²) in [7, 11) is -1.93. The van der Waals surface area contributed by atoms with Crippen LogP contribution in [0.5, 0.6) is 0 Å². The van der Waals surface area contributed by atoms with Crippen LogP contribution in [0.4, 0.5) is 5.69 Å². The molecule has 0 aliphatic carbocycles. The van der Waals surface area contributed by atoms with Crippen LogP contribution < -0.4 is 4.72 Å². The Morgan fingerprint density at radius 3 is 2.44 bits per heavy atom. The van der Waals surface area contributed by atoms with Crippen molar-refractivity contribution in [3.63, 3.8) is 0 Å². The van der Waals surface area contributed by atoms with Crippen LogP contribution >= 0.6 is 11.3 Å². The minimum absolute atomic E-state index is 0.0368. The minimum atomic E-state index is -3.67. The number of carbonyl (C=O) groups excluding carboxylic acids is 1. The molecule has 0 spiro atoms. The standard InChI is InChI=1S/C18H24N2O3S2/c1-4-6-14-7-9-16(10-8-14)25(22,23)19-17-13-24-12-15(17)11-18(21)20(3)5-2/h7-10,12-13,19H,4-6,11H2,1-3H3. The van der Waals surface area contributed by atoms with Gasteiger partial charge in [0.05, 0.1) is 17.0 Å². The van der Waals surface area contributed by atoms with Gasteiger partial charge in [-0.1, -0.05) is 25.5 Å². The van der Waals surface area contributed by atoms with E-state index in [9.17, 15) is 13.2 Å². The number of rotatable bonds is 8. The van der Waals surface area contributed by atoms with Gasteiger partial charge in [-0.2, -0.15) is 0 Å². The molecule has 0 radical (unpaired) electrons. The molecule has 5 nitrogen and oxygen atoms in total. The number of hydrogen-bond acceptors (Lipinski definition) is 4. The lowest BCUT2D eigenvalue weighted by Gasteiger charge is -2.15. The number of nitrogens with one attached hydrogen (secondary N) is 1. The molecule has 2 rings (SSSR count). The van der Waals surface area contributed by atoms with Crippen molar-refractivity contribution in [2.75, 3.05) is 18.3 Å². The zero-order valence-corrected chi connectivity index (χ0v) is 16.4. The smallest absolute Gasteiger partial charge is 0.261 e. The first-order valence-electron chi connectivity index (χ1n) is 8.28. The fraction of sp³-hybridized carbons (Fsp3) is 0.389. The molecule has 25 heavy (non-hydrogen) atoms. The second-order valence-electron chi connectivity index (χ2n) is 5.89. The Bertz CT molecular complexity index is 811. The first-order chi connectivity index (χ1) is 11.9. The Balaban J connectivity index is 2.16. The van der Waals surface area contributed by atoms with Crippen molar-refractivity contribution in [2.45, 2.75) is 38.0 Å². The van der Waals surface area contributed by atoms with E-state index in [4.69, 9.17) is 0 Å². The van der Waals surface area contributed by atoms with E-state index in [-0.39, 0.29) is 17.2 Å². The number of nitrogens with zero attached hydrogens (tertiary/aromatic N) is 1. The highest BCUT2D eigenvalue weighted by Crippen LogP contribution is 2.25. The highest BCUT2D eigenvalue weighted by Gasteiger charge is 2.18. The SMILES string of the molecule is CCCc1ccc(S(=O)(=O)Nc2cscc2CC(=O)N(C)CC)cc1. The number of likely N-dealkylation sites (N-methyl/N-ethyl adjacent to an activating group) is 1. The number of hydrogen-bond donors (Lipinski definition) is 1. The van der Waals surface area contributed by atoms with Gasteiger partial charge in [-0.15, -0.1) is 11.3 Å². The number of aryl methyl sites for hydroxylation is 1. The number of benzene rings is 1. The summed E-state index contributed by atoms with van der Waals surface area (Å²) in [4.78, 5) is 13.9. The maximum absolute atomic E-state index is 12.6. The Hall–Kier alpha value is -1.86. The predicted octanol–water partition coefficient (Wildman–Crippen LogP) is 3.52. The van der Waals surface area contributed by atoms with Gasteiger partial charge in [0.15, 0.2) is 0 Å². The van der Waals surface area contributed by atoms with E-state index in [0.29, 0.717) is 17.8 Å². The lowest BCUT2D eigenvalue weighted by molar-refractivity contribution is -0.128. The summed E-state index contributed by atoms with van der Waals surface area (Å²) < 4.78 is 27.8. The molecule has 2 aromatic rings. The molecule has 7 heteroatoms. The van der Waals surface area contributed by atoms with Crippen LogP contribution in [0.25, 0.3) is 0 Å². The molecule has 0 saturated carbocycles. The van der Waals surface area contributed by atoms with Crippen molar-refractivity contribution >= 4 is 33.0 Å². The molecule has 0 fully saturated rings. The van der Waals surface area contributed by atoms with Crippen LogP contribution in [-0.2, 0) is 27.7 Å². The lowest BCUT2D eigenvalue weighted by atomic mass is 10.1. The van der Waals surface area contributed by atoms with Crippen LogP contribution in [0.2, 0.25) is 0 Å². The monoisotopic (exact) mass is 380 g/mol. The topological polar surface area (TPSA) is 66.5 Å². The predicted molar refractivity (Wildman–Crippen MR) is 103 cm³/mol. The summed E-state index contributed by atoms with van der Waals surface area (Å²) >= 11 is 1.37. The molecule has 1 aromatic heterocycles. The summed E-state index contributed by atoms with van der Waals surface area (Å²) in [6.45, 7) is 4.60. The van der Waals surface area contributed by atoms with Crippen molar-refractivity contribution in [2.24, 2.45) is 0 Å². The van der Waals surface area contributed by atoms with E-state index in [1.165, 1.54) is 11.3 Å². The Morgan fingerprint density at radius 2 is 1.84 bits per heavy atom. The summed E-state index contributed by atoms with van der Waals surface area (Å²) in [5.74, 6) is -0.0368. The minimum Gasteiger partial charge on any atom is -0.346 e. The first-order valence-corrected chi connectivity index (χ1v) is 10.7. The van der Waals surface area contributed by atoms with Gasteiger partial charge < -0.3 is 4.90 Å². The van der Waals surface area contributed by atoms with Crippen LogP contribution in [0, 0.1) is 0 Å². The number of carbonyl (C=O) groups is 1. The van der Waals surface area contributed by atoms with Gasteiger partial charge in [0.1, 0.15) is 0 Å². The van der Waals surface area contributed by atoms with Crippen molar-refractivity contribution in [3.05, 3.63) is 46.2 Å². The van der Waals surface area contributed by atoms with E-state index < -0.39 is 10.0 Å². The maximum Gasteiger partial charge on any atom is 0.261 e. The number of amides is 1. The average Bonchev–Trinajstić information content (AvgIpc) is 3.01. The fourth-order valence-electron chi connectivity index (χ4n) is 2.35. The summed E-state index contributed by atoms with van der Waals surface area (Å²) in [6, 6.07) is 6.92. The van der Waals surface area contributed by atoms with Gasteiger partial charge in [-0.25, -0.2) is 8.42 Å². The highest BCUT2D eigenvalue weighted by atomic mass is 32.2. The van der Waals surface area contributed by atoms with E-state index in [0.717, 1.165) is 18.4 Å². The lowest BCUT2D eigenvalue weighted by Crippen LogP contribution is -2.28. The number of sulfonamides is 1. The molecular weight excluding hydrogens is 356 g/mol. The molecular formula is C18H24N2O3S2. The second-order valence-corrected chi connectivity index (χ2v) is 8.32. The summed E-state index contributed by atoms with van der Waals surface area (Å²) in [5, 5.41) is 3.53. The van der Waals surface area contributed by atoms with E-state index >= 15 is 0 Å². The molecule has 0 aliphatic heterocycles.